The molecule has 0 fully saturated rings. The third-order valence-electron chi connectivity index (χ3n) is 1.25. The van der Waals surface area contributed by atoms with E-state index in [9.17, 15) is 29.7 Å². The van der Waals surface area contributed by atoms with Crippen molar-refractivity contribution in [3.63, 3.8) is 0 Å². The molecular formula is C6H5CuNiO7. The van der Waals surface area contributed by atoms with E-state index in [1.165, 1.54) is 0 Å². The fourth-order valence-electron chi connectivity index (χ4n) is 0.684. The second-order valence-corrected chi connectivity index (χ2v) is 2.42. The maximum atomic E-state index is 10.1. The minimum atomic E-state index is -2.97. The monoisotopic (exact) mass is 310 g/mol. The van der Waals surface area contributed by atoms with Gasteiger partial charge in [-0.1, -0.05) is 0 Å². The molecule has 0 amide bonds. The summed E-state index contributed by atoms with van der Waals surface area (Å²) in [5, 5.41) is 38.9. The predicted molar refractivity (Wildman–Crippen MR) is 29.2 cm³/mol. The molecule has 1 N–H and O–H groups in total. The van der Waals surface area contributed by atoms with E-state index in [4.69, 9.17) is 5.11 Å². The Morgan fingerprint density at radius 2 is 1.27 bits per heavy atom. The Morgan fingerprint density at radius 1 is 1.00 bits per heavy atom. The second-order valence-electron chi connectivity index (χ2n) is 2.42. The van der Waals surface area contributed by atoms with Crippen LogP contribution in [0.15, 0.2) is 0 Å². The van der Waals surface area contributed by atoms with Crippen LogP contribution in [0.3, 0.4) is 0 Å². The molecule has 0 aliphatic heterocycles. The Morgan fingerprint density at radius 3 is 1.40 bits per heavy atom. The fraction of sp³-hybridized carbons (Fsp3) is 0.500. The number of carbonyl (C=O) groups is 3. The van der Waals surface area contributed by atoms with E-state index in [0.717, 1.165) is 0 Å². The van der Waals surface area contributed by atoms with Crippen molar-refractivity contribution >= 4 is 17.9 Å². The summed E-state index contributed by atoms with van der Waals surface area (Å²) in [7, 11) is 0. The molecule has 7 nitrogen and oxygen atoms in total. The quantitative estimate of drug-likeness (QED) is 0.500. The van der Waals surface area contributed by atoms with Crippen LogP contribution in [-0.4, -0.2) is 28.6 Å². The van der Waals surface area contributed by atoms with Gasteiger partial charge in [0.15, 0.2) is 0 Å². The molecule has 0 aromatic heterocycles. The van der Waals surface area contributed by atoms with Crippen LogP contribution in [0.25, 0.3) is 0 Å². The van der Waals surface area contributed by atoms with Crippen molar-refractivity contribution in [2.45, 2.75) is 18.4 Å². The summed E-state index contributed by atoms with van der Waals surface area (Å²) in [6, 6.07) is 0. The number of rotatable bonds is 5. The van der Waals surface area contributed by atoms with Gasteiger partial charge in [0, 0.05) is 24.8 Å². The van der Waals surface area contributed by atoms with Crippen LogP contribution < -0.4 is 15.3 Å². The maximum Gasteiger partial charge on any atom is 2.00 e. The minimum absolute atomic E-state index is 0. The smallest absolute Gasteiger partial charge is 0.550 e. The molecule has 0 unspecified atom stereocenters. The summed E-state index contributed by atoms with van der Waals surface area (Å²) in [6.07, 6.45) is -2.72. The topological polar surface area (TPSA) is 141 Å². The fourth-order valence-corrected chi connectivity index (χ4v) is 0.684. The summed E-state index contributed by atoms with van der Waals surface area (Å²) in [5.41, 5.74) is -2.97. The molecule has 0 saturated carbocycles. The molecule has 0 rings (SSSR count). The van der Waals surface area contributed by atoms with Crippen LogP contribution in [0.5, 0.6) is 0 Å². The van der Waals surface area contributed by atoms with Gasteiger partial charge in [-0.3, -0.25) is 0 Å². The molecule has 0 atom stereocenters. The van der Waals surface area contributed by atoms with Crippen molar-refractivity contribution in [1.29, 1.82) is 0 Å². The first-order valence-corrected chi connectivity index (χ1v) is 3.11. The first kappa shape index (κ1) is 19.9. The zero-order valence-electron chi connectivity index (χ0n) is 6.93. The van der Waals surface area contributed by atoms with E-state index >= 15 is 0 Å². The molecule has 0 radical (unpaired) electrons. The third kappa shape index (κ3) is 7.33. The Balaban J connectivity index is -0.000000720. The number of aliphatic carboxylic acids is 3. The van der Waals surface area contributed by atoms with Gasteiger partial charge in [-0.2, -0.15) is 0 Å². The van der Waals surface area contributed by atoms with Gasteiger partial charge in [0.25, 0.3) is 0 Å². The standard InChI is InChI=1S/C6H8O7.Cu.Ni/c7-3(8)1-6(13,5(11)12)2-4(9)10;;/h13H,1-2H2,(H,7,8)(H,9,10)(H,11,12);;/q;+1;+2/p-3. The number of carboxylic acids is 3. The zero-order valence-corrected chi connectivity index (χ0v) is 8.86. The van der Waals surface area contributed by atoms with Gasteiger partial charge in [0.1, 0.15) is 5.60 Å². The maximum absolute atomic E-state index is 10.1. The van der Waals surface area contributed by atoms with Crippen molar-refractivity contribution < 1.29 is 68.4 Å². The molecule has 0 heterocycles. The van der Waals surface area contributed by atoms with Crippen LogP contribution in [0, 0.1) is 0 Å². The molecule has 15 heavy (non-hydrogen) atoms. The van der Waals surface area contributed by atoms with Gasteiger partial charge in [0.2, 0.25) is 0 Å². The normalized spacial score (nSPS) is 9.40. The van der Waals surface area contributed by atoms with E-state index in [1.807, 2.05) is 0 Å². The third-order valence-corrected chi connectivity index (χ3v) is 1.25. The van der Waals surface area contributed by atoms with Crippen LogP contribution in [0.4, 0.5) is 0 Å². The van der Waals surface area contributed by atoms with Crippen LogP contribution >= 0.6 is 0 Å². The minimum Gasteiger partial charge on any atom is -0.550 e. The number of carbonyl (C=O) groups excluding carboxylic acids is 3. The molecule has 0 aliphatic carbocycles. The van der Waals surface area contributed by atoms with E-state index in [2.05, 4.69) is 0 Å². The van der Waals surface area contributed by atoms with Gasteiger partial charge in [-0.05, 0) is 0 Å². The van der Waals surface area contributed by atoms with Gasteiger partial charge in [-0.15, -0.1) is 0 Å². The Kier molecular flexibility index (Phi) is 10.1. The zero-order chi connectivity index (χ0) is 10.6. The van der Waals surface area contributed by atoms with Crippen molar-refractivity contribution in [2.24, 2.45) is 0 Å². The predicted octanol–water partition coefficient (Wildman–Crippen LogP) is -5.26. The Bertz CT molecular complexity index is 238. The molecule has 0 aromatic rings. The van der Waals surface area contributed by atoms with Crippen molar-refractivity contribution in [2.75, 3.05) is 0 Å². The average Bonchev–Trinajstić information content (AvgIpc) is 1.82. The molecular weight excluding hydrogens is 306 g/mol. The van der Waals surface area contributed by atoms with Crippen molar-refractivity contribution in [3.05, 3.63) is 0 Å². The largest absolute Gasteiger partial charge is 2.00 e. The van der Waals surface area contributed by atoms with E-state index in [0.29, 0.717) is 0 Å². The van der Waals surface area contributed by atoms with Crippen molar-refractivity contribution in [1.82, 2.24) is 0 Å². The number of hydrogen-bond donors (Lipinski definition) is 1. The first-order valence-electron chi connectivity index (χ1n) is 3.11. The van der Waals surface area contributed by atoms with E-state index in [1.54, 1.807) is 0 Å². The van der Waals surface area contributed by atoms with E-state index < -0.39 is 36.4 Å². The Hall–Kier alpha value is -0.617. The summed E-state index contributed by atoms with van der Waals surface area (Å²) in [4.78, 5) is 30.0. The molecule has 0 bridgehead atoms. The number of hydrogen-bond acceptors (Lipinski definition) is 7. The summed E-state index contributed by atoms with van der Waals surface area (Å²) < 4.78 is 0. The van der Waals surface area contributed by atoms with Gasteiger partial charge >= 0.3 is 33.6 Å². The molecule has 0 aliphatic rings. The average molecular weight is 311 g/mol. The molecule has 9 heteroatoms. The van der Waals surface area contributed by atoms with E-state index in [-0.39, 0.29) is 33.6 Å². The molecule has 0 saturated heterocycles. The van der Waals surface area contributed by atoms with Crippen molar-refractivity contribution in [3.8, 4) is 0 Å². The molecule has 0 aromatic carbocycles. The number of carboxylic acid groups (broad SMARTS) is 3. The summed E-state index contributed by atoms with van der Waals surface area (Å²) in [6.45, 7) is 0. The second kappa shape index (κ2) is 7.65. The summed E-state index contributed by atoms with van der Waals surface area (Å²) in [5.74, 6) is -5.98. The first-order chi connectivity index (χ1) is 5.78. The molecule has 0 spiro atoms. The van der Waals surface area contributed by atoms with Gasteiger partial charge < -0.3 is 34.8 Å². The summed E-state index contributed by atoms with van der Waals surface area (Å²) >= 11 is 0. The SMILES string of the molecule is O=C([O-])CC(O)(CC(=O)[O-])C(=O)[O-].[Cu+].[Ni+2]. The Labute approximate surface area is 105 Å². The number of aliphatic hydroxyl groups is 1. The molecule has 92 valence electrons. The van der Waals surface area contributed by atoms with Gasteiger partial charge in [-0.25, -0.2) is 0 Å². The van der Waals surface area contributed by atoms with Crippen LogP contribution in [-0.2, 0) is 47.9 Å². The van der Waals surface area contributed by atoms with Crippen LogP contribution in [0.1, 0.15) is 12.8 Å². The van der Waals surface area contributed by atoms with Gasteiger partial charge in [0.05, 0.1) is 5.97 Å². The van der Waals surface area contributed by atoms with Crippen LogP contribution in [0.2, 0.25) is 0 Å².